The van der Waals surface area contributed by atoms with E-state index < -0.39 is 28.1 Å². The van der Waals surface area contributed by atoms with Crippen LogP contribution in [0, 0.1) is 23.0 Å². The van der Waals surface area contributed by atoms with Gasteiger partial charge in [-0.25, -0.2) is 8.78 Å². The maximum absolute atomic E-state index is 14.9. The monoisotopic (exact) mass is 458 g/mol. The van der Waals surface area contributed by atoms with Crippen molar-refractivity contribution in [3.05, 3.63) is 63.7 Å². The molecule has 2 aromatic carbocycles. The lowest BCUT2D eigenvalue weighted by Gasteiger charge is -2.19. The van der Waals surface area contributed by atoms with E-state index in [0.717, 1.165) is 18.4 Å². The van der Waals surface area contributed by atoms with E-state index in [1.807, 2.05) is 25.1 Å². The number of rotatable bonds is 7. The minimum absolute atomic E-state index is 0.0350. The zero-order valence-corrected chi connectivity index (χ0v) is 19.4. The van der Waals surface area contributed by atoms with Gasteiger partial charge in [0.05, 0.1) is 12.0 Å². The highest BCUT2D eigenvalue weighted by Crippen LogP contribution is 2.44. The number of hydrogen-bond donors (Lipinski definition) is 0. The molecule has 1 saturated carbocycles. The van der Waals surface area contributed by atoms with Crippen molar-refractivity contribution in [2.45, 2.75) is 56.4 Å². The number of hydrogen-bond acceptors (Lipinski definition) is 5. The fourth-order valence-electron chi connectivity index (χ4n) is 3.85. The summed E-state index contributed by atoms with van der Waals surface area (Å²) >= 11 is 0. The molecule has 5 nitrogen and oxygen atoms in total. The summed E-state index contributed by atoms with van der Waals surface area (Å²) in [4.78, 5) is 14.4. The normalized spacial score (nSPS) is 14.7. The van der Waals surface area contributed by atoms with E-state index in [4.69, 9.17) is 0 Å². The van der Waals surface area contributed by atoms with Crippen LogP contribution in [0.2, 0.25) is 0 Å². The molecule has 8 heteroatoms. The van der Waals surface area contributed by atoms with E-state index in [1.54, 1.807) is 19.9 Å². The molecule has 0 radical (unpaired) electrons. The smallest absolute Gasteiger partial charge is 0.227 e. The molecule has 1 aliphatic carbocycles. The van der Waals surface area contributed by atoms with Crippen LogP contribution in [0.5, 0.6) is 0 Å². The third-order valence-corrected chi connectivity index (χ3v) is 6.43. The van der Waals surface area contributed by atoms with Gasteiger partial charge in [0.25, 0.3) is 0 Å². The number of benzene rings is 2. The molecule has 1 fully saturated rings. The Balaban J connectivity index is 1.94. The van der Waals surface area contributed by atoms with Crippen molar-refractivity contribution in [3.8, 4) is 6.07 Å². The topological polar surface area (TPSA) is 73.5 Å². The van der Waals surface area contributed by atoms with Crippen LogP contribution in [0.4, 0.5) is 8.78 Å². The minimum atomic E-state index is -2.21. The fraction of sp³-hybridized carbons (Fsp3) is 0.417. The van der Waals surface area contributed by atoms with Crippen LogP contribution in [0.15, 0.2) is 33.5 Å². The van der Waals surface area contributed by atoms with Gasteiger partial charge in [-0.2, -0.15) is 15.9 Å². The second-order valence-corrected chi connectivity index (χ2v) is 9.79. The molecule has 1 amide bonds. The predicted molar refractivity (Wildman–Crippen MR) is 118 cm³/mol. The van der Waals surface area contributed by atoms with Crippen molar-refractivity contribution in [1.29, 1.82) is 5.26 Å². The van der Waals surface area contributed by atoms with Gasteiger partial charge in [0.15, 0.2) is 0 Å². The van der Waals surface area contributed by atoms with Crippen molar-refractivity contribution in [2.75, 3.05) is 14.1 Å². The summed E-state index contributed by atoms with van der Waals surface area (Å²) in [5, 5.41) is 9.31. The van der Waals surface area contributed by atoms with Crippen LogP contribution in [0.25, 0.3) is 0 Å². The van der Waals surface area contributed by atoms with Gasteiger partial charge >= 0.3 is 0 Å². The number of halogens is 2. The van der Waals surface area contributed by atoms with Crippen LogP contribution < -0.4 is 0 Å². The molecule has 0 unspecified atom stereocenters. The highest BCUT2D eigenvalue weighted by Gasteiger charge is 2.31. The fourth-order valence-corrected chi connectivity index (χ4v) is 4.61. The number of nitrogens with zero attached hydrogens (tertiary/aromatic N) is 3. The largest absolute Gasteiger partial charge is 0.439 e. The number of nitriles is 1. The third-order valence-electron chi connectivity index (χ3n) is 5.36. The van der Waals surface area contributed by atoms with E-state index in [0.29, 0.717) is 23.2 Å². The van der Waals surface area contributed by atoms with Gasteiger partial charge in [0.1, 0.15) is 17.7 Å². The highest BCUT2D eigenvalue weighted by atomic mass is 32.2. The Bertz CT molecular complexity index is 1170. The van der Waals surface area contributed by atoms with Gasteiger partial charge < -0.3 is 13.5 Å². The van der Waals surface area contributed by atoms with Gasteiger partial charge in [0.2, 0.25) is 5.91 Å². The zero-order valence-electron chi connectivity index (χ0n) is 18.6. The van der Waals surface area contributed by atoms with E-state index in [-0.39, 0.29) is 28.7 Å². The molecule has 0 N–H and O–H groups in total. The van der Waals surface area contributed by atoms with Crippen molar-refractivity contribution >= 4 is 16.5 Å². The molecule has 1 aliphatic rings. The average molecular weight is 459 g/mol. The Kier molecular flexibility index (Phi) is 7.42. The maximum Gasteiger partial charge on any atom is 0.227 e. The second-order valence-electron chi connectivity index (χ2n) is 8.67. The molecule has 0 aromatic heterocycles. The third kappa shape index (κ3) is 5.40. The summed E-state index contributed by atoms with van der Waals surface area (Å²) in [6.45, 7) is 4.11. The van der Waals surface area contributed by atoms with Crippen LogP contribution in [0.1, 0.15) is 66.3 Å². The zero-order chi connectivity index (χ0) is 23.6. The second kappa shape index (κ2) is 9.88. The number of carbonyl (C=O) groups excluding carboxylic acids is 1. The molecular weight excluding hydrogens is 432 g/mol. The Morgan fingerprint density at radius 3 is 2.50 bits per heavy atom. The van der Waals surface area contributed by atoms with Gasteiger partial charge in [-0.1, -0.05) is 30.9 Å². The van der Waals surface area contributed by atoms with E-state index in [9.17, 15) is 23.0 Å². The highest BCUT2D eigenvalue weighted by molar-refractivity contribution is 7.75. The standard InChI is InChI=1S/C24H26F2N3O2S/c1-14(2)23-19(18(16-6-7-16)10-17(12-27)24(23)26)11-22(30)28-32(31)21-8-5-15(9-20(21)25)13-29(3)4/h5,8-10,14,16H,6-7,11,13H2,1-4H3/q-1. The first kappa shape index (κ1) is 24.0. The SMILES string of the molecule is CC(C)c1c(F)c(C#N)cc(C2CC2)c1CC(=O)N=[S-](=O)c1ccc(CN(C)C)cc1F. The lowest BCUT2D eigenvalue weighted by atomic mass is 9.87. The van der Waals surface area contributed by atoms with Crippen LogP contribution in [-0.2, 0) is 32.6 Å². The summed E-state index contributed by atoms with van der Waals surface area (Å²) in [7, 11) is 1.50. The van der Waals surface area contributed by atoms with Crippen LogP contribution in [-0.4, -0.2) is 24.9 Å². The predicted octanol–water partition coefficient (Wildman–Crippen LogP) is 5.17. The van der Waals surface area contributed by atoms with Gasteiger partial charge in [-0.05, 0) is 73.2 Å². The molecule has 0 saturated heterocycles. The van der Waals surface area contributed by atoms with Gasteiger partial charge in [0, 0.05) is 6.54 Å². The molecule has 32 heavy (non-hydrogen) atoms. The molecule has 0 aliphatic heterocycles. The summed E-state index contributed by atoms with van der Waals surface area (Å²) in [6, 6.07) is 7.71. The maximum atomic E-state index is 14.9. The summed E-state index contributed by atoms with van der Waals surface area (Å²) in [6.07, 6.45) is 1.57. The lowest BCUT2D eigenvalue weighted by Crippen LogP contribution is -2.12. The Morgan fingerprint density at radius 2 is 1.97 bits per heavy atom. The first-order valence-corrected chi connectivity index (χ1v) is 11.6. The van der Waals surface area contributed by atoms with Crippen LogP contribution in [0.3, 0.4) is 0 Å². The van der Waals surface area contributed by atoms with E-state index >= 15 is 0 Å². The molecule has 0 atom stereocenters. The van der Waals surface area contributed by atoms with Gasteiger partial charge in [-0.15, -0.1) is 0 Å². The summed E-state index contributed by atoms with van der Waals surface area (Å²) in [5.74, 6) is -2.11. The van der Waals surface area contributed by atoms with Crippen molar-refractivity contribution in [2.24, 2.45) is 4.36 Å². The Hall–Kier alpha value is -2.63. The minimum Gasteiger partial charge on any atom is -0.439 e. The van der Waals surface area contributed by atoms with Crippen molar-refractivity contribution in [1.82, 2.24) is 4.90 Å². The average Bonchev–Trinajstić information content (AvgIpc) is 3.52. The summed E-state index contributed by atoms with van der Waals surface area (Å²) < 4.78 is 45.6. The summed E-state index contributed by atoms with van der Waals surface area (Å²) in [5.41, 5.74) is 2.28. The van der Waals surface area contributed by atoms with E-state index in [2.05, 4.69) is 4.36 Å². The van der Waals surface area contributed by atoms with Crippen molar-refractivity contribution in [3.63, 3.8) is 0 Å². The number of amides is 1. The van der Waals surface area contributed by atoms with Gasteiger partial charge in [-0.3, -0.25) is 4.79 Å². The lowest BCUT2D eigenvalue weighted by molar-refractivity contribution is -0.117. The van der Waals surface area contributed by atoms with Crippen molar-refractivity contribution < 1.29 is 17.8 Å². The molecule has 2 aromatic rings. The van der Waals surface area contributed by atoms with Crippen LogP contribution >= 0.6 is 0 Å². The molecular formula is C24H26F2N3O2S-. The van der Waals surface area contributed by atoms with E-state index in [1.165, 1.54) is 18.2 Å². The Morgan fingerprint density at radius 1 is 1.28 bits per heavy atom. The molecule has 0 bridgehead atoms. The number of carbonyl (C=O) groups is 1. The molecule has 3 rings (SSSR count). The Labute approximate surface area is 189 Å². The first-order chi connectivity index (χ1) is 15.1. The quantitative estimate of drug-likeness (QED) is 0.536. The molecule has 0 heterocycles. The first-order valence-electron chi connectivity index (χ1n) is 10.5. The molecule has 0 spiro atoms. The molecule has 170 valence electrons.